The van der Waals surface area contributed by atoms with E-state index in [1.807, 2.05) is 20.0 Å². The molecule has 1 aromatic heterocycles. The Balaban J connectivity index is 2.81. The first kappa shape index (κ1) is 15.7. The van der Waals surface area contributed by atoms with Crippen LogP contribution in [-0.4, -0.2) is 29.7 Å². The van der Waals surface area contributed by atoms with Crippen LogP contribution >= 0.6 is 0 Å². The molecule has 1 aromatic rings. The monoisotopic (exact) mass is 266 g/mol. The van der Waals surface area contributed by atoms with Gasteiger partial charge in [-0.2, -0.15) is 0 Å². The molecule has 0 fully saturated rings. The van der Waals surface area contributed by atoms with Crippen LogP contribution in [0.15, 0.2) is 6.07 Å². The second-order valence-corrected chi connectivity index (χ2v) is 4.76. The van der Waals surface area contributed by atoms with Crippen LogP contribution in [0.5, 0.6) is 0 Å². The smallest absolute Gasteiger partial charge is 0.158 e. The van der Waals surface area contributed by atoms with Crippen LogP contribution in [0.4, 0.5) is 11.6 Å². The Labute approximate surface area is 116 Å². The molecule has 0 saturated heterocycles. The quantitative estimate of drug-likeness (QED) is 0.757. The topological polar surface area (TPSA) is 59.1 Å². The van der Waals surface area contributed by atoms with Gasteiger partial charge in [0.15, 0.2) is 5.82 Å². The zero-order chi connectivity index (χ0) is 14.3. The van der Waals surface area contributed by atoms with Gasteiger partial charge >= 0.3 is 0 Å². The molecule has 1 rings (SSSR count). The fourth-order valence-corrected chi connectivity index (χ4v) is 1.69. The molecule has 0 bridgehead atoms. The van der Waals surface area contributed by atoms with Gasteiger partial charge < -0.3 is 15.4 Å². The van der Waals surface area contributed by atoms with E-state index in [-0.39, 0.29) is 0 Å². The molecule has 2 atom stereocenters. The average Bonchev–Trinajstić information content (AvgIpc) is 2.43. The lowest BCUT2D eigenvalue weighted by Crippen LogP contribution is -2.24. The van der Waals surface area contributed by atoms with Crippen LogP contribution in [0.2, 0.25) is 0 Å². The fraction of sp³-hybridized carbons (Fsp3) is 0.714. The van der Waals surface area contributed by atoms with Gasteiger partial charge in [-0.15, -0.1) is 0 Å². The molecular weight excluding hydrogens is 240 g/mol. The normalized spacial score (nSPS) is 13.9. The van der Waals surface area contributed by atoms with Gasteiger partial charge in [-0.1, -0.05) is 20.3 Å². The minimum absolute atomic E-state index is 0.379. The van der Waals surface area contributed by atoms with Gasteiger partial charge in [0.25, 0.3) is 0 Å². The summed E-state index contributed by atoms with van der Waals surface area (Å²) >= 11 is 0. The maximum absolute atomic E-state index is 5.37. The van der Waals surface area contributed by atoms with Crippen LogP contribution in [-0.2, 0) is 11.3 Å². The molecule has 2 N–H and O–H groups in total. The van der Waals surface area contributed by atoms with Crippen molar-refractivity contribution in [2.75, 3.05) is 24.3 Å². The highest BCUT2D eigenvalue weighted by atomic mass is 16.5. The highest BCUT2D eigenvalue weighted by Crippen LogP contribution is 2.16. The summed E-state index contributed by atoms with van der Waals surface area (Å²) in [6.07, 6.45) is 1.14. The molecule has 0 amide bonds. The van der Waals surface area contributed by atoms with E-state index in [9.17, 15) is 0 Å². The van der Waals surface area contributed by atoms with E-state index in [1.165, 1.54) is 0 Å². The van der Waals surface area contributed by atoms with E-state index < -0.39 is 0 Å². The molecule has 0 aromatic carbocycles. The number of rotatable bonds is 8. The number of hydrogen-bond donors (Lipinski definition) is 2. The SMILES string of the molecule is CCOCc1nc(NC)cc(NC(C)C(C)CC)n1. The summed E-state index contributed by atoms with van der Waals surface area (Å²) in [6, 6.07) is 2.30. The van der Waals surface area contributed by atoms with E-state index >= 15 is 0 Å². The van der Waals surface area contributed by atoms with Gasteiger partial charge in [0.1, 0.15) is 18.2 Å². The molecule has 0 aliphatic carbocycles. The second-order valence-electron chi connectivity index (χ2n) is 4.76. The number of anilines is 2. The largest absolute Gasteiger partial charge is 0.374 e. The van der Waals surface area contributed by atoms with Gasteiger partial charge in [-0.3, -0.25) is 0 Å². The molecule has 5 heteroatoms. The van der Waals surface area contributed by atoms with Crippen LogP contribution in [0.25, 0.3) is 0 Å². The predicted octanol–water partition coefficient (Wildman–Crippen LogP) is 2.90. The van der Waals surface area contributed by atoms with Crippen molar-refractivity contribution in [2.24, 2.45) is 5.92 Å². The molecule has 2 unspecified atom stereocenters. The van der Waals surface area contributed by atoms with E-state index in [1.54, 1.807) is 0 Å². The van der Waals surface area contributed by atoms with Crippen molar-refractivity contribution in [1.82, 2.24) is 9.97 Å². The zero-order valence-electron chi connectivity index (χ0n) is 12.7. The number of nitrogens with one attached hydrogen (secondary N) is 2. The maximum atomic E-state index is 5.37. The van der Waals surface area contributed by atoms with Crippen LogP contribution in [0, 0.1) is 5.92 Å². The van der Waals surface area contributed by atoms with E-state index in [0.29, 0.717) is 31.0 Å². The first-order valence-corrected chi connectivity index (χ1v) is 7.00. The highest BCUT2D eigenvalue weighted by Gasteiger charge is 2.12. The molecule has 0 spiro atoms. The lowest BCUT2D eigenvalue weighted by molar-refractivity contribution is 0.128. The van der Waals surface area contributed by atoms with Crippen LogP contribution < -0.4 is 10.6 Å². The van der Waals surface area contributed by atoms with Crippen LogP contribution in [0.1, 0.15) is 39.9 Å². The molecular formula is C14H26N4O. The lowest BCUT2D eigenvalue weighted by atomic mass is 10.0. The van der Waals surface area contributed by atoms with Gasteiger partial charge in [0, 0.05) is 25.8 Å². The summed E-state index contributed by atoms with van der Waals surface area (Å²) in [5.41, 5.74) is 0. The summed E-state index contributed by atoms with van der Waals surface area (Å²) in [5, 5.41) is 6.49. The van der Waals surface area contributed by atoms with Crippen molar-refractivity contribution in [2.45, 2.75) is 46.8 Å². The van der Waals surface area contributed by atoms with Crippen molar-refractivity contribution in [3.63, 3.8) is 0 Å². The average molecular weight is 266 g/mol. The van der Waals surface area contributed by atoms with E-state index in [4.69, 9.17) is 4.74 Å². The van der Waals surface area contributed by atoms with Crippen molar-refractivity contribution in [3.8, 4) is 0 Å². The molecule has 0 saturated carbocycles. The highest BCUT2D eigenvalue weighted by molar-refractivity contribution is 5.47. The standard InChI is InChI=1S/C14H26N4O/c1-6-10(3)11(4)16-13-8-12(15-5)17-14(18-13)9-19-7-2/h8,10-11H,6-7,9H2,1-5H3,(H2,15,16,17,18). The van der Waals surface area contributed by atoms with Crippen molar-refractivity contribution in [3.05, 3.63) is 11.9 Å². The van der Waals surface area contributed by atoms with Gasteiger partial charge in [-0.05, 0) is 19.8 Å². The number of ether oxygens (including phenoxy) is 1. The second kappa shape index (κ2) is 7.94. The lowest BCUT2D eigenvalue weighted by Gasteiger charge is -2.21. The zero-order valence-corrected chi connectivity index (χ0v) is 12.7. The van der Waals surface area contributed by atoms with Crippen molar-refractivity contribution < 1.29 is 4.74 Å². The Kier molecular flexibility index (Phi) is 6.56. The van der Waals surface area contributed by atoms with Gasteiger partial charge in [0.05, 0.1) is 0 Å². The fourth-order valence-electron chi connectivity index (χ4n) is 1.69. The van der Waals surface area contributed by atoms with Crippen LogP contribution in [0.3, 0.4) is 0 Å². The first-order valence-electron chi connectivity index (χ1n) is 7.00. The predicted molar refractivity (Wildman–Crippen MR) is 79.4 cm³/mol. The third-order valence-corrected chi connectivity index (χ3v) is 3.34. The minimum atomic E-state index is 0.379. The Hall–Kier alpha value is -1.36. The number of aromatic nitrogens is 2. The van der Waals surface area contributed by atoms with Gasteiger partial charge in [0.2, 0.25) is 0 Å². The Bertz CT molecular complexity index is 384. The molecule has 108 valence electrons. The molecule has 5 nitrogen and oxygen atoms in total. The maximum Gasteiger partial charge on any atom is 0.158 e. The molecule has 0 aliphatic rings. The third-order valence-electron chi connectivity index (χ3n) is 3.34. The molecule has 19 heavy (non-hydrogen) atoms. The minimum Gasteiger partial charge on any atom is -0.374 e. The van der Waals surface area contributed by atoms with Crippen molar-refractivity contribution in [1.29, 1.82) is 0 Å². The summed E-state index contributed by atoms with van der Waals surface area (Å²) in [4.78, 5) is 8.86. The van der Waals surface area contributed by atoms with E-state index in [2.05, 4.69) is 41.4 Å². The summed E-state index contributed by atoms with van der Waals surface area (Å²) in [6.45, 7) is 9.68. The molecule has 0 aliphatic heterocycles. The Morgan fingerprint density at radius 3 is 2.47 bits per heavy atom. The molecule has 1 heterocycles. The van der Waals surface area contributed by atoms with Gasteiger partial charge in [-0.25, -0.2) is 9.97 Å². The van der Waals surface area contributed by atoms with E-state index in [0.717, 1.165) is 18.1 Å². The molecule has 0 radical (unpaired) electrons. The Morgan fingerprint density at radius 1 is 1.21 bits per heavy atom. The summed E-state index contributed by atoms with van der Waals surface area (Å²) < 4.78 is 5.37. The third kappa shape index (κ3) is 5.03. The Morgan fingerprint density at radius 2 is 1.89 bits per heavy atom. The summed E-state index contributed by atoms with van der Waals surface area (Å²) in [5.74, 6) is 2.96. The van der Waals surface area contributed by atoms with Crippen molar-refractivity contribution >= 4 is 11.6 Å². The number of hydrogen-bond acceptors (Lipinski definition) is 5. The number of nitrogens with zero attached hydrogens (tertiary/aromatic N) is 2. The first-order chi connectivity index (χ1) is 9.10. The summed E-state index contributed by atoms with van der Waals surface area (Å²) in [7, 11) is 1.86.